The molecule has 134 valence electrons. The molecular formula is C19H32N4O. The van der Waals surface area contributed by atoms with Gasteiger partial charge in [0.05, 0.1) is 6.61 Å². The van der Waals surface area contributed by atoms with Gasteiger partial charge in [0.25, 0.3) is 0 Å². The van der Waals surface area contributed by atoms with Crippen LogP contribution in [-0.2, 0) is 6.54 Å². The molecule has 2 aliphatic rings. The van der Waals surface area contributed by atoms with E-state index in [0.717, 1.165) is 64.6 Å². The van der Waals surface area contributed by atoms with E-state index in [0.29, 0.717) is 0 Å². The lowest BCUT2D eigenvalue weighted by Gasteiger charge is -2.27. The van der Waals surface area contributed by atoms with Crippen LogP contribution in [0.3, 0.4) is 0 Å². The second-order valence-corrected chi connectivity index (χ2v) is 6.82. The van der Waals surface area contributed by atoms with Crippen molar-refractivity contribution in [3.05, 3.63) is 29.8 Å². The van der Waals surface area contributed by atoms with Crippen LogP contribution in [-0.4, -0.2) is 75.3 Å². The molecule has 24 heavy (non-hydrogen) atoms. The Labute approximate surface area is 146 Å². The summed E-state index contributed by atoms with van der Waals surface area (Å²) in [7, 11) is 0. The molecule has 2 N–H and O–H groups in total. The fourth-order valence-corrected chi connectivity index (χ4v) is 3.38. The number of piperazine rings is 2. The molecule has 2 fully saturated rings. The van der Waals surface area contributed by atoms with Gasteiger partial charge < -0.3 is 20.3 Å². The molecule has 0 spiro atoms. The van der Waals surface area contributed by atoms with Gasteiger partial charge in [-0.1, -0.05) is 12.1 Å². The van der Waals surface area contributed by atoms with E-state index in [1.165, 1.54) is 31.6 Å². The minimum absolute atomic E-state index is 0.823. The maximum absolute atomic E-state index is 5.89. The molecular weight excluding hydrogens is 300 g/mol. The van der Waals surface area contributed by atoms with Crippen molar-refractivity contribution < 1.29 is 4.74 Å². The Hall–Kier alpha value is -1.14. The largest absolute Gasteiger partial charge is 0.494 e. The van der Waals surface area contributed by atoms with Crippen LogP contribution in [0, 0.1) is 0 Å². The molecule has 5 heteroatoms. The zero-order chi connectivity index (χ0) is 16.5. The first-order valence-electron chi connectivity index (χ1n) is 9.48. The Morgan fingerprint density at radius 1 is 0.792 bits per heavy atom. The van der Waals surface area contributed by atoms with E-state index in [2.05, 4.69) is 44.7 Å². The van der Waals surface area contributed by atoms with Crippen molar-refractivity contribution in [2.45, 2.75) is 19.4 Å². The van der Waals surface area contributed by atoms with Crippen LogP contribution in [0.4, 0.5) is 0 Å². The first-order valence-corrected chi connectivity index (χ1v) is 9.48. The molecule has 5 nitrogen and oxygen atoms in total. The molecule has 0 amide bonds. The summed E-state index contributed by atoms with van der Waals surface area (Å²) >= 11 is 0. The SMILES string of the molecule is c1cc(OCCCCN2CCNCC2)ccc1CN1CCNCC1. The molecule has 3 rings (SSSR count). The van der Waals surface area contributed by atoms with Gasteiger partial charge in [-0.05, 0) is 37.1 Å². The summed E-state index contributed by atoms with van der Waals surface area (Å²) in [5.41, 5.74) is 1.38. The molecule has 2 aliphatic heterocycles. The van der Waals surface area contributed by atoms with Crippen LogP contribution in [0.15, 0.2) is 24.3 Å². The summed E-state index contributed by atoms with van der Waals surface area (Å²) in [5.74, 6) is 1.00. The van der Waals surface area contributed by atoms with E-state index < -0.39 is 0 Å². The van der Waals surface area contributed by atoms with E-state index in [9.17, 15) is 0 Å². The van der Waals surface area contributed by atoms with Gasteiger partial charge >= 0.3 is 0 Å². The highest BCUT2D eigenvalue weighted by Crippen LogP contribution is 2.14. The first-order chi connectivity index (χ1) is 11.9. The average molecular weight is 332 g/mol. The standard InChI is InChI=1S/C19H32N4O/c1(11-22-12-7-20-8-13-22)2-16-24-19-5-3-18(4-6-19)17-23-14-9-21-10-15-23/h3-6,20-21H,1-2,7-17H2. The highest BCUT2D eigenvalue weighted by molar-refractivity contribution is 5.27. The summed E-state index contributed by atoms with van der Waals surface area (Å²) in [6.07, 6.45) is 2.35. The molecule has 1 aromatic carbocycles. The van der Waals surface area contributed by atoms with Crippen LogP contribution < -0.4 is 15.4 Å². The zero-order valence-corrected chi connectivity index (χ0v) is 14.8. The van der Waals surface area contributed by atoms with Crippen LogP contribution in [0.5, 0.6) is 5.75 Å². The summed E-state index contributed by atoms with van der Waals surface area (Å²) in [5, 5.41) is 6.79. The minimum Gasteiger partial charge on any atom is -0.494 e. The van der Waals surface area contributed by atoms with Crippen molar-refractivity contribution in [2.75, 3.05) is 65.5 Å². The Kier molecular flexibility index (Phi) is 7.36. The minimum atomic E-state index is 0.823. The summed E-state index contributed by atoms with van der Waals surface area (Å²) in [6.45, 7) is 12.2. The zero-order valence-electron chi connectivity index (χ0n) is 14.8. The lowest BCUT2D eigenvalue weighted by Crippen LogP contribution is -2.43. The second-order valence-electron chi connectivity index (χ2n) is 6.82. The molecule has 2 heterocycles. The Balaban J connectivity index is 1.29. The third-order valence-electron chi connectivity index (χ3n) is 4.89. The van der Waals surface area contributed by atoms with Gasteiger partial charge in [0.2, 0.25) is 0 Å². The van der Waals surface area contributed by atoms with E-state index in [4.69, 9.17) is 4.74 Å². The molecule has 0 aromatic heterocycles. The lowest BCUT2D eigenvalue weighted by atomic mass is 10.2. The van der Waals surface area contributed by atoms with Gasteiger partial charge in [-0.3, -0.25) is 4.90 Å². The van der Waals surface area contributed by atoms with Crippen molar-refractivity contribution in [2.24, 2.45) is 0 Å². The number of unbranched alkanes of at least 4 members (excludes halogenated alkanes) is 1. The monoisotopic (exact) mass is 332 g/mol. The normalized spacial score (nSPS) is 20.2. The Morgan fingerprint density at radius 2 is 1.42 bits per heavy atom. The van der Waals surface area contributed by atoms with E-state index in [1.54, 1.807) is 0 Å². The Bertz CT molecular complexity index is 453. The van der Waals surface area contributed by atoms with Crippen molar-refractivity contribution in [1.82, 2.24) is 20.4 Å². The van der Waals surface area contributed by atoms with Crippen LogP contribution in [0.25, 0.3) is 0 Å². The van der Waals surface area contributed by atoms with Crippen molar-refractivity contribution in [3.8, 4) is 5.75 Å². The molecule has 0 unspecified atom stereocenters. The summed E-state index contributed by atoms with van der Waals surface area (Å²) < 4.78 is 5.89. The van der Waals surface area contributed by atoms with Crippen molar-refractivity contribution >= 4 is 0 Å². The molecule has 2 saturated heterocycles. The number of rotatable bonds is 8. The summed E-state index contributed by atoms with van der Waals surface area (Å²) in [6, 6.07) is 8.65. The van der Waals surface area contributed by atoms with Crippen LogP contribution >= 0.6 is 0 Å². The third kappa shape index (κ3) is 6.06. The van der Waals surface area contributed by atoms with Crippen LogP contribution in [0.1, 0.15) is 18.4 Å². The number of hydrogen-bond donors (Lipinski definition) is 2. The molecule has 0 aliphatic carbocycles. The van der Waals surface area contributed by atoms with Gasteiger partial charge in [0, 0.05) is 58.9 Å². The number of ether oxygens (including phenoxy) is 1. The maximum Gasteiger partial charge on any atom is 0.119 e. The number of nitrogens with one attached hydrogen (secondary N) is 2. The number of nitrogens with zero attached hydrogens (tertiary/aromatic N) is 2. The molecule has 0 radical (unpaired) electrons. The average Bonchev–Trinajstić information content (AvgIpc) is 2.65. The van der Waals surface area contributed by atoms with Gasteiger partial charge in [0.15, 0.2) is 0 Å². The van der Waals surface area contributed by atoms with E-state index in [-0.39, 0.29) is 0 Å². The molecule has 0 bridgehead atoms. The van der Waals surface area contributed by atoms with Crippen molar-refractivity contribution in [3.63, 3.8) is 0 Å². The smallest absolute Gasteiger partial charge is 0.119 e. The first kappa shape index (κ1) is 17.7. The van der Waals surface area contributed by atoms with Gasteiger partial charge in [-0.2, -0.15) is 0 Å². The highest BCUT2D eigenvalue weighted by Gasteiger charge is 2.10. The maximum atomic E-state index is 5.89. The van der Waals surface area contributed by atoms with Crippen molar-refractivity contribution in [1.29, 1.82) is 0 Å². The summed E-state index contributed by atoms with van der Waals surface area (Å²) in [4.78, 5) is 5.05. The fourth-order valence-electron chi connectivity index (χ4n) is 3.38. The topological polar surface area (TPSA) is 39.8 Å². The van der Waals surface area contributed by atoms with Gasteiger partial charge in [0.1, 0.15) is 5.75 Å². The predicted octanol–water partition coefficient (Wildman–Crippen LogP) is 1.16. The molecule has 0 saturated carbocycles. The number of hydrogen-bond acceptors (Lipinski definition) is 5. The highest BCUT2D eigenvalue weighted by atomic mass is 16.5. The molecule has 0 atom stereocenters. The Morgan fingerprint density at radius 3 is 2.08 bits per heavy atom. The fraction of sp³-hybridized carbons (Fsp3) is 0.684. The molecule has 1 aromatic rings. The van der Waals surface area contributed by atoms with Crippen LogP contribution in [0.2, 0.25) is 0 Å². The van der Waals surface area contributed by atoms with Gasteiger partial charge in [-0.25, -0.2) is 0 Å². The third-order valence-corrected chi connectivity index (χ3v) is 4.89. The quantitative estimate of drug-likeness (QED) is 0.699. The predicted molar refractivity (Wildman–Crippen MR) is 98.6 cm³/mol. The van der Waals surface area contributed by atoms with E-state index in [1.807, 2.05) is 0 Å². The van der Waals surface area contributed by atoms with Gasteiger partial charge in [-0.15, -0.1) is 0 Å². The second kappa shape index (κ2) is 9.99. The number of benzene rings is 1. The lowest BCUT2D eigenvalue weighted by molar-refractivity contribution is 0.226. The van der Waals surface area contributed by atoms with E-state index >= 15 is 0 Å².